The smallest absolute Gasteiger partial charge is 0.462 e. The van der Waals surface area contributed by atoms with Gasteiger partial charge >= 0.3 is 19.8 Å². The number of hydrogen-bond acceptors (Lipinski definition) is 6. The van der Waals surface area contributed by atoms with Gasteiger partial charge in [-0.25, -0.2) is 4.57 Å². The summed E-state index contributed by atoms with van der Waals surface area (Å²) in [6.45, 7) is 3.62. The first-order chi connectivity index (χ1) is 23.8. The maximum absolute atomic E-state index is 12.3. The lowest BCUT2D eigenvalue weighted by Crippen LogP contribution is -2.29. The third-order valence-corrected chi connectivity index (χ3v) is 8.88. The van der Waals surface area contributed by atoms with Gasteiger partial charge in [-0.2, -0.15) is 0 Å². The number of phosphoric acid groups is 1. The van der Waals surface area contributed by atoms with Gasteiger partial charge in [-0.3, -0.25) is 14.1 Å². The van der Waals surface area contributed by atoms with Crippen molar-refractivity contribution in [1.29, 1.82) is 0 Å². The van der Waals surface area contributed by atoms with Crippen LogP contribution in [0.3, 0.4) is 0 Å². The Morgan fingerprint density at radius 2 is 0.959 bits per heavy atom. The van der Waals surface area contributed by atoms with E-state index in [1.54, 1.807) is 0 Å². The SMILES string of the molecule is CCCCCCCC/C=C/C/C=C/CCC(=O)OC(COC(=O)CCCCCCC/C=C/CCCCCCCCCCC)COP(=O)(O)O. The number of carbonyl (C=O) groups excluding carboxylic acids is 2. The second kappa shape index (κ2) is 36.1. The van der Waals surface area contributed by atoms with Gasteiger partial charge in [0.15, 0.2) is 6.10 Å². The van der Waals surface area contributed by atoms with Crippen molar-refractivity contribution in [3.05, 3.63) is 36.5 Å². The zero-order valence-electron chi connectivity index (χ0n) is 31.3. The van der Waals surface area contributed by atoms with Gasteiger partial charge in [0, 0.05) is 12.8 Å². The normalized spacial score (nSPS) is 12.8. The van der Waals surface area contributed by atoms with E-state index in [0.29, 0.717) is 12.8 Å². The zero-order chi connectivity index (χ0) is 36.1. The minimum absolute atomic E-state index is 0.105. The van der Waals surface area contributed by atoms with Crippen molar-refractivity contribution in [2.75, 3.05) is 13.2 Å². The Labute approximate surface area is 300 Å². The van der Waals surface area contributed by atoms with E-state index in [2.05, 4.69) is 42.7 Å². The van der Waals surface area contributed by atoms with Crippen LogP contribution in [0.25, 0.3) is 0 Å². The molecule has 0 amide bonds. The van der Waals surface area contributed by atoms with Gasteiger partial charge in [-0.15, -0.1) is 0 Å². The first-order valence-electron chi connectivity index (χ1n) is 19.8. The molecule has 0 heterocycles. The average molecular weight is 713 g/mol. The van der Waals surface area contributed by atoms with E-state index in [1.165, 1.54) is 103 Å². The van der Waals surface area contributed by atoms with Crippen LogP contribution in [0.2, 0.25) is 0 Å². The van der Waals surface area contributed by atoms with Gasteiger partial charge in [0.2, 0.25) is 0 Å². The van der Waals surface area contributed by atoms with Crippen molar-refractivity contribution < 1.29 is 37.9 Å². The molecule has 0 radical (unpaired) electrons. The molecular weight excluding hydrogens is 639 g/mol. The molecule has 0 rings (SSSR count). The number of phosphoric ester groups is 1. The Bertz CT molecular complexity index is 895. The van der Waals surface area contributed by atoms with Crippen molar-refractivity contribution in [3.63, 3.8) is 0 Å². The predicted octanol–water partition coefficient (Wildman–Crippen LogP) is 11.8. The van der Waals surface area contributed by atoms with Gasteiger partial charge in [-0.05, 0) is 57.8 Å². The molecule has 286 valence electrons. The highest BCUT2D eigenvalue weighted by atomic mass is 31.2. The van der Waals surface area contributed by atoms with Crippen LogP contribution < -0.4 is 0 Å². The second-order valence-corrected chi connectivity index (χ2v) is 14.5. The maximum Gasteiger partial charge on any atom is 0.469 e. The first-order valence-corrected chi connectivity index (χ1v) is 21.3. The molecule has 1 atom stereocenters. The molecule has 0 spiro atoms. The Kier molecular flexibility index (Phi) is 34.8. The summed E-state index contributed by atoms with van der Waals surface area (Å²) in [4.78, 5) is 42.7. The monoisotopic (exact) mass is 713 g/mol. The van der Waals surface area contributed by atoms with Crippen LogP contribution in [0.5, 0.6) is 0 Å². The Morgan fingerprint density at radius 3 is 1.45 bits per heavy atom. The van der Waals surface area contributed by atoms with Crippen LogP contribution in [0.4, 0.5) is 0 Å². The summed E-state index contributed by atoms with van der Waals surface area (Å²) in [6.07, 6.45) is 41.7. The highest BCUT2D eigenvalue weighted by Gasteiger charge is 2.22. The predicted molar refractivity (Wildman–Crippen MR) is 202 cm³/mol. The standard InChI is InChI=1S/C40H73O8P/c1-3-5-7-9-11-13-15-17-18-19-20-21-23-24-26-28-30-32-34-39(41)46-36-38(37-47-49(43,44)45)48-40(42)35-33-31-29-27-25-22-16-14-12-10-8-6-4-2/h20-22,25,29,31,38H,3-19,23-24,26-28,30,32-37H2,1-2H3,(H2,43,44,45)/b21-20+,25-22+,31-29+. The van der Waals surface area contributed by atoms with Crippen LogP contribution in [0.1, 0.15) is 187 Å². The molecule has 0 bridgehead atoms. The van der Waals surface area contributed by atoms with E-state index in [4.69, 9.17) is 19.3 Å². The molecule has 0 aromatic heterocycles. The summed E-state index contributed by atoms with van der Waals surface area (Å²) in [5.41, 5.74) is 0. The van der Waals surface area contributed by atoms with Crippen LogP contribution in [-0.2, 0) is 28.2 Å². The molecule has 0 aromatic rings. The lowest BCUT2D eigenvalue weighted by molar-refractivity contribution is -0.161. The van der Waals surface area contributed by atoms with E-state index < -0.39 is 32.5 Å². The molecule has 0 saturated heterocycles. The molecule has 9 heteroatoms. The molecule has 49 heavy (non-hydrogen) atoms. The topological polar surface area (TPSA) is 119 Å². The second-order valence-electron chi connectivity index (χ2n) is 13.2. The van der Waals surface area contributed by atoms with Crippen molar-refractivity contribution in [2.45, 2.75) is 193 Å². The third-order valence-electron chi connectivity index (χ3n) is 8.39. The largest absolute Gasteiger partial charge is 0.469 e. The van der Waals surface area contributed by atoms with E-state index >= 15 is 0 Å². The minimum atomic E-state index is -4.76. The van der Waals surface area contributed by atoms with Gasteiger partial charge in [0.1, 0.15) is 6.61 Å². The summed E-state index contributed by atoms with van der Waals surface area (Å²) < 4.78 is 26.2. The summed E-state index contributed by atoms with van der Waals surface area (Å²) in [5.74, 6) is -0.971. The van der Waals surface area contributed by atoms with Crippen molar-refractivity contribution in [3.8, 4) is 0 Å². The number of unbranched alkanes of at least 4 members (excludes halogenated alkanes) is 20. The average Bonchev–Trinajstić information content (AvgIpc) is 3.07. The highest BCUT2D eigenvalue weighted by Crippen LogP contribution is 2.36. The van der Waals surface area contributed by atoms with Crippen LogP contribution in [-0.4, -0.2) is 41.0 Å². The highest BCUT2D eigenvalue weighted by molar-refractivity contribution is 7.46. The van der Waals surface area contributed by atoms with E-state index in [1.807, 2.05) is 12.2 Å². The molecule has 2 N–H and O–H groups in total. The Hall–Kier alpha value is -1.73. The number of rotatable bonds is 36. The summed E-state index contributed by atoms with van der Waals surface area (Å²) in [6, 6.07) is 0. The molecule has 0 saturated carbocycles. The van der Waals surface area contributed by atoms with Gasteiger partial charge in [0.05, 0.1) is 6.61 Å². The molecule has 0 fully saturated rings. The summed E-state index contributed by atoms with van der Waals surface area (Å²) >= 11 is 0. The Morgan fingerprint density at radius 1 is 0.531 bits per heavy atom. The van der Waals surface area contributed by atoms with Crippen LogP contribution >= 0.6 is 7.82 Å². The van der Waals surface area contributed by atoms with E-state index in [-0.39, 0.29) is 19.4 Å². The molecule has 0 aliphatic carbocycles. The van der Waals surface area contributed by atoms with Crippen molar-refractivity contribution in [1.82, 2.24) is 0 Å². The third kappa shape index (κ3) is 38.9. The lowest BCUT2D eigenvalue weighted by atomic mass is 10.1. The number of ether oxygens (including phenoxy) is 2. The van der Waals surface area contributed by atoms with E-state index in [9.17, 15) is 14.2 Å². The number of carbonyl (C=O) groups is 2. The number of allylic oxidation sites excluding steroid dienone is 6. The molecule has 0 aliphatic rings. The number of hydrogen-bond donors (Lipinski definition) is 2. The molecule has 0 aromatic carbocycles. The summed E-state index contributed by atoms with van der Waals surface area (Å²) in [5, 5.41) is 0. The summed E-state index contributed by atoms with van der Waals surface area (Å²) in [7, 11) is -4.76. The minimum Gasteiger partial charge on any atom is -0.462 e. The Balaban J connectivity index is 4.00. The first kappa shape index (κ1) is 47.3. The van der Waals surface area contributed by atoms with Crippen LogP contribution in [0, 0.1) is 0 Å². The van der Waals surface area contributed by atoms with Gasteiger partial charge < -0.3 is 19.3 Å². The van der Waals surface area contributed by atoms with Gasteiger partial charge in [-0.1, -0.05) is 153 Å². The zero-order valence-corrected chi connectivity index (χ0v) is 32.2. The van der Waals surface area contributed by atoms with Gasteiger partial charge in [0.25, 0.3) is 0 Å². The molecule has 8 nitrogen and oxygen atoms in total. The molecular formula is C40H73O8P. The van der Waals surface area contributed by atoms with Crippen molar-refractivity contribution in [2.24, 2.45) is 0 Å². The fourth-order valence-corrected chi connectivity index (χ4v) is 5.78. The fraction of sp³-hybridized carbons (Fsp3) is 0.800. The maximum atomic E-state index is 12.3. The lowest BCUT2D eigenvalue weighted by Gasteiger charge is -2.18. The molecule has 0 aliphatic heterocycles. The molecule has 1 unspecified atom stereocenters. The van der Waals surface area contributed by atoms with Crippen molar-refractivity contribution >= 4 is 19.8 Å². The number of esters is 2. The quantitative estimate of drug-likeness (QED) is 0.0285. The fourth-order valence-electron chi connectivity index (χ4n) is 5.42. The van der Waals surface area contributed by atoms with E-state index in [0.717, 1.165) is 44.9 Å². The van der Waals surface area contributed by atoms with Crippen LogP contribution in [0.15, 0.2) is 36.5 Å².